The third kappa shape index (κ3) is 9.88. The topological polar surface area (TPSA) is 0 Å². The van der Waals surface area contributed by atoms with Crippen LogP contribution in [-0.2, 0) is 0 Å². The molecule has 0 fully saturated rings. The third-order valence-electron chi connectivity index (χ3n) is 0. The fourth-order valence-corrected chi connectivity index (χ4v) is 0. The Labute approximate surface area is 149 Å². The Bertz CT molecular complexity index is 8.00. The van der Waals surface area contributed by atoms with Crippen molar-refractivity contribution in [1.82, 2.24) is 0 Å². The van der Waals surface area contributed by atoms with Gasteiger partial charge in [-0.05, 0) is 0 Å². The van der Waals surface area contributed by atoms with Crippen molar-refractivity contribution in [1.29, 1.82) is 0 Å². The van der Waals surface area contributed by atoms with Crippen molar-refractivity contribution in [3.63, 3.8) is 0 Å². The molecule has 13 valence electrons. The van der Waals surface area contributed by atoms with Crippen LogP contribution < -0.4 is 0 Å². The van der Waals surface area contributed by atoms with E-state index in [1.54, 1.807) is 0 Å². The van der Waals surface area contributed by atoms with Crippen LogP contribution in [0.2, 0.25) is 0 Å². The molecule has 0 atom stereocenters. The first kappa shape index (κ1) is 23.3. The molecule has 0 aromatic heterocycles. The van der Waals surface area contributed by atoms with Gasteiger partial charge >= 0.3 is 0 Å². The molecule has 0 aliphatic carbocycles. The smallest absolute Gasteiger partial charge is 0 e. The molecule has 0 saturated carbocycles. The molecular weight excluding hydrogens is 327 g/mol. The van der Waals surface area contributed by atoms with Gasteiger partial charge in [-0.2, -0.15) is 13.5 Å². The summed E-state index contributed by atoms with van der Waals surface area (Å²) in [4.78, 5) is 0. The van der Waals surface area contributed by atoms with E-state index in [0.29, 0.717) is 0 Å². The molecule has 0 aliphatic rings. The predicted molar refractivity (Wildman–Crippen MR) is 27.6 cm³/mol. The minimum absolute atomic E-state index is 0. The van der Waals surface area contributed by atoms with Gasteiger partial charge in [0.1, 0.15) is 0 Å². The second-order valence-corrected chi connectivity index (χ2v) is 0. The van der Waals surface area contributed by atoms with Gasteiger partial charge in [-0.15, -0.1) is 0 Å². The van der Waals surface area contributed by atoms with E-state index in [1.807, 2.05) is 0 Å². The summed E-state index contributed by atoms with van der Waals surface area (Å²) >= 11 is 0. The van der Waals surface area contributed by atoms with E-state index in [2.05, 4.69) is 0 Å². The molecule has 0 rings (SSSR count). The Hall–Kier alpha value is 4.74. The van der Waals surface area contributed by atoms with Gasteiger partial charge in [-0.1, -0.05) is 0 Å². The molecule has 0 saturated heterocycles. The summed E-state index contributed by atoms with van der Waals surface area (Å²) in [7, 11) is 0. The summed E-state index contributed by atoms with van der Waals surface area (Å²) in [6.45, 7) is 0. The van der Waals surface area contributed by atoms with Crippen LogP contribution in [0.1, 0.15) is 0 Å². The first-order chi connectivity index (χ1) is 0. The minimum atomic E-state index is 0. The number of hydrogen-bond acceptors (Lipinski definition) is 0. The van der Waals surface area contributed by atoms with Crippen molar-refractivity contribution in [3.05, 3.63) is 0 Å². The summed E-state index contributed by atoms with van der Waals surface area (Å²) in [5.41, 5.74) is 0. The van der Waals surface area contributed by atoms with E-state index in [4.69, 9.17) is 0 Å². The summed E-state index contributed by atoms with van der Waals surface area (Å²) in [5, 5.41) is 0. The molecule has 0 aromatic rings. The average molecular weight is 329 g/mol. The van der Waals surface area contributed by atoms with Crippen LogP contribution in [-0.4, -0.2) is 141 Å². The molecule has 4 heavy (non-hydrogen) atoms. The van der Waals surface area contributed by atoms with Gasteiger partial charge in [0.25, 0.3) is 0 Å². The second kappa shape index (κ2) is 15.6. The van der Waals surface area contributed by atoms with Gasteiger partial charge in [-0.25, -0.2) is 0 Å². The summed E-state index contributed by atoms with van der Waals surface area (Å²) < 4.78 is 0. The standard InChI is InChI=1S/Ba.Cs.Mg.H2S/h;;;1H2. The van der Waals surface area contributed by atoms with E-state index < -0.39 is 0 Å². The van der Waals surface area contributed by atoms with Gasteiger partial charge in [-0.3, -0.25) is 0 Å². The molecule has 0 N–H and O–H groups in total. The maximum Gasteiger partial charge on any atom is 0 e. The zero-order chi connectivity index (χ0) is 0. The third-order valence-corrected chi connectivity index (χ3v) is 0. The zero-order valence-corrected chi connectivity index (χ0v) is 16.0. The van der Waals surface area contributed by atoms with Crippen LogP contribution in [0.25, 0.3) is 0 Å². The second-order valence-electron chi connectivity index (χ2n) is 0. The molecule has 0 aliphatic heterocycles. The molecule has 0 amide bonds. The summed E-state index contributed by atoms with van der Waals surface area (Å²) in [5.74, 6) is 0. The number of rotatable bonds is 0. The maximum atomic E-state index is 0. The van der Waals surface area contributed by atoms with Gasteiger partial charge < -0.3 is 0 Å². The minimum Gasteiger partial charge on any atom is -0.197 e. The van der Waals surface area contributed by atoms with E-state index >= 15 is 0 Å². The Kier molecular flexibility index (Phi) is 91.2. The van der Waals surface area contributed by atoms with E-state index in [1.165, 1.54) is 0 Å². The van der Waals surface area contributed by atoms with Crippen molar-refractivity contribution < 1.29 is 0 Å². The van der Waals surface area contributed by atoms with Crippen LogP contribution in [0.15, 0.2) is 0 Å². The van der Waals surface area contributed by atoms with Crippen LogP contribution in [0.5, 0.6) is 0 Å². The van der Waals surface area contributed by atoms with E-state index in [-0.39, 0.29) is 154 Å². The molecule has 0 aromatic carbocycles. The molecule has 0 spiro atoms. The van der Waals surface area contributed by atoms with Crippen LogP contribution in [0.3, 0.4) is 0 Å². The van der Waals surface area contributed by atoms with Crippen LogP contribution >= 0.6 is 13.5 Å². The number of hydrogen-bond donors (Lipinski definition) is 0. The molecule has 0 unspecified atom stereocenters. The molecule has 0 bridgehead atoms. The van der Waals surface area contributed by atoms with Crippen molar-refractivity contribution >= 4 is 154 Å². The van der Waals surface area contributed by atoms with Crippen LogP contribution in [0.4, 0.5) is 0 Å². The van der Waals surface area contributed by atoms with Crippen molar-refractivity contribution in [3.8, 4) is 0 Å². The Morgan fingerprint density at radius 1 is 1.00 bits per heavy atom. The summed E-state index contributed by atoms with van der Waals surface area (Å²) in [6, 6.07) is 0. The Balaban J connectivity index is 0. The molecule has 0 nitrogen and oxygen atoms in total. The fourth-order valence-electron chi connectivity index (χ4n) is 0. The quantitative estimate of drug-likeness (QED) is 0.499. The Morgan fingerprint density at radius 2 is 1.00 bits per heavy atom. The van der Waals surface area contributed by atoms with Gasteiger partial charge in [0, 0.05) is 141 Å². The van der Waals surface area contributed by atoms with Gasteiger partial charge in [0.15, 0.2) is 0 Å². The van der Waals surface area contributed by atoms with E-state index in [9.17, 15) is 0 Å². The Morgan fingerprint density at radius 3 is 1.00 bits per heavy atom. The molecule has 4 heteroatoms. The fraction of sp³-hybridized carbons (Fsp3) is 0. The normalized spacial score (nSPS) is 0. The van der Waals surface area contributed by atoms with Gasteiger partial charge in [0.05, 0.1) is 0 Å². The van der Waals surface area contributed by atoms with Crippen molar-refractivity contribution in [2.24, 2.45) is 0 Å². The van der Waals surface area contributed by atoms with Crippen molar-refractivity contribution in [2.45, 2.75) is 0 Å². The monoisotopic (exact) mass is 329 g/mol. The molecule has 5 radical (unpaired) electrons. The average Bonchev–Trinajstić information content (AvgIpc) is 0. The maximum absolute atomic E-state index is 0. The largest absolute Gasteiger partial charge is 0.197 e. The van der Waals surface area contributed by atoms with Crippen molar-refractivity contribution in [2.75, 3.05) is 0 Å². The zero-order valence-electron chi connectivity index (χ0n) is 2.91. The van der Waals surface area contributed by atoms with Crippen LogP contribution in [0, 0.1) is 0 Å². The SMILES string of the molecule is S.[Ba].[Cs].[Mg]. The molecule has 0 heterocycles. The molecular formula is H2BaCsMgS. The van der Waals surface area contributed by atoms with E-state index in [0.717, 1.165) is 0 Å². The first-order valence-corrected chi connectivity index (χ1v) is 0. The van der Waals surface area contributed by atoms with Gasteiger partial charge in [0.2, 0.25) is 0 Å². The summed E-state index contributed by atoms with van der Waals surface area (Å²) in [6.07, 6.45) is 0. The first-order valence-electron chi connectivity index (χ1n) is 0. The predicted octanol–water partition coefficient (Wildman–Crippen LogP) is -1.03.